The maximum Gasteiger partial charge on any atom is 0.313 e. The van der Waals surface area contributed by atoms with Crippen LogP contribution in [0.4, 0.5) is 0 Å². The van der Waals surface area contributed by atoms with Crippen LogP contribution in [-0.2, 0) is 4.79 Å². The van der Waals surface area contributed by atoms with Crippen LogP contribution in [0.25, 0.3) is 0 Å². The fraction of sp³-hybridized carbons (Fsp3) is 0.824. The van der Waals surface area contributed by atoms with Gasteiger partial charge in [-0.25, -0.2) is 0 Å². The van der Waals surface area contributed by atoms with Crippen LogP contribution in [0.1, 0.15) is 78.1 Å². The first-order valence-corrected chi connectivity index (χ1v) is 9.33. The van der Waals surface area contributed by atoms with Gasteiger partial charge in [0.15, 0.2) is 0 Å². The molecule has 124 valence electrons. The summed E-state index contributed by atoms with van der Waals surface area (Å²) in [5.41, 5.74) is 0. The van der Waals surface area contributed by atoms with Gasteiger partial charge in [0.25, 0.3) is 0 Å². The molecule has 0 heterocycles. The van der Waals surface area contributed by atoms with Crippen molar-refractivity contribution in [3.8, 4) is 0 Å². The highest BCUT2D eigenvalue weighted by molar-refractivity contribution is 8.03. The van der Waals surface area contributed by atoms with E-state index in [1.54, 1.807) is 0 Å². The molecule has 0 bridgehead atoms. The van der Waals surface area contributed by atoms with Gasteiger partial charge >= 0.3 is 5.97 Å². The second kappa shape index (κ2) is 14.5. The topological polar surface area (TPSA) is 57.5 Å². The van der Waals surface area contributed by atoms with Gasteiger partial charge in [-0.3, -0.25) is 4.79 Å². The number of unbranched alkanes of at least 4 members (excludes halogenated alkanes) is 7. The normalized spacial score (nSPS) is 13.4. The van der Waals surface area contributed by atoms with Gasteiger partial charge in [-0.2, -0.15) is 0 Å². The average molecular weight is 317 g/mol. The molecule has 0 aromatic rings. The van der Waals surface area contributed by atoms with E-state index in [-0.39, 0.29) is 5.75 Å². The number of hydrogen-bond donors (Lipinski definition) is 2. The van der Waals surface area contributed by atoms with E-state index in [0.29, 0.717) is 0 Å². The molecule has 0 unspecified atom stereocenters. The van der Waals surface area contributed by atoms with E-state index < -0.39 is 12.1 Å². The summed E-state index contributed by atoms with van der Waals surface area (Å²) >= 11 is 1.27. The van der Waals surface area contributed by atoms with Gasteiger partial charge in [0.05, 0.1) is 11.9 Å². The third-order valence-corrected chi connectivity index (χ3v) is 4.59. The Kier molecular flexibility index (Phi) is 14.1. The van der Waals surface area contributed by atoms with Crippen LogP contribution in [-0.4, -0.2) is 28.0 Å². The SMILES string of the molecule is CCCCCCCCC=C(SCC(=O)O)[C@@H](O)CCCC. The number of thioether (sulfide) groups is 1. The van der Waals surface area contributed by atoms with Gasteiger partial charge in [0.2, 0.25) is 0 Å². The highest BCUT2D eigenvalue weighted by Gasteiger charge is 2.12. The number of rotatable bonds is 14. The van der Waals surface area contributed by atoms with Crippen molar-refractivity contribution in [3.63, 3.8) is 0 Å². The van der Waals surface area contributed by atoms with Crippen molar-refractivity contribution < 1.29 is 15.0 Å². The average Bonchev–Trinajstić information content (AvgIpc) is 2.46. The van der Waals surface area contributed by atoms with Gasteiger partial charge in [0.1, 0.15) is 0 Å². The fourth-order valence-corrected chi connectivity index (χ4v) is 2.98. The quantitative estimate of drug-likeness (QED) is 0.443. The third kappa shape index (κ3) is 12.9. The predicted octanol–water partition coefficient (Wildman–Crippen LogP) is 4.99. The number of aliphatic hydroxyl groups excluding tert-OH is 1. The molecule has 21 heavy (non-hydrogen) atoms. The number of carbonyl (C=O) groups is 1. The van der Waals surface area contributed by atoms with E-state index in [4.69, 9.17) is 5.11 Å². The van der Waals surface area contributed by atoms with Crippen molar-refractivity contribution >= 4 is 17.7 Å². The van der Waals surface area contributed by atoms with Crippen molar-refractivity contribution in [2.45, 2.75) is 84.2 Å². The number of aliphatic hydroxyl groups is 1. The maximum atomic E-state index is 10.7. The van der Waals surface area contributed by atoms with E-state index in [1.807, 2.05) is 6.08 Å². The third-order valence-electron chi connectivity index (χ3n) is 3.43. The van der Waals surface area contributed by atoms with Crippen molar-refractivity contribution in [3.05, 3.63) is 11.0 Å². The molecule has 0 aliphatic carbocycles. The minimum Gasteiger partial charge on any atom is -0.481 e. The molecule has 0 radical (unpaired) electrons. The predicted molar refractivity (Wildman–Crippen MR) is 91.7 cm³/mol. The Balaban J connectivity index is 4.10. The van der Waals surface area contributed by atoms with E-state index in [2.05, 4.69) is 13.8 Å². The first-order chi connectivity index (χ1) is 10.1. The molecule has 2 N–H and O–H groups in total. The summed E-state index contributed by atoms with van der Waals surface area (Å²) in [7, 11) is 0. The van der Waals surface area contributed by atoms with E-state index >= 15 is 0 Å². The zero-order valence-corrected chi connectivity index (χ0v) is 14.5. The molecule has 0 saturated carbocycles. The van der Waals surface area contributed by atoms with Crippen molar-refractivity contribution in [1.29, 1.82) is 0 Å². The Morgan fingerprint density at radius 1 is 1.05 bits per heavy atom. The van der Waals surface area contributed by atoms with Crippen molar-refractivity contribution in [2.24, 2.45) is 0 Å². The molecule has 3 nitrogen and oxygen atoms in total. The summed E-state index contributed by atoms with van der Waals surface area (Å²) in [5.74, 6) is -0.793. The lowest BCUT2D eigenvalue weighted by molar-refractivity contribution is -0.133. The van der Waals surface area contributed by atoms with Gasteiger partial charge < -0.3 is 10.2 Å². The summed E-state index contributed by atoms with van der Waals surface area (Å²) in [6.45, 7) is 4.31. The monoisotopic (exact) mass is 316 g/mol. The second-order valence-corrected chi connectivity index (χ2v) is 6.55. The molecule has 4 heteroatoms. The molecule has 0 aromatic carbocycles. The first kappa shape index (κ1) is 20.5. The molecule has 0 rings (SSSR count). The van der Waals surface area contributed by atoms with Crippen LogP contribution in [0, 0.1) is 0 Å². The van der Waals surface area contributed by atoms with Gasteiger partial charge in [-0.15, -0.1) is 11.8 Å². The molecule has 0 fully saturated rings. The molecular formula is C17H32O3S. The van der Waals surface area contributed by atoms with E-state index in [9.17, 15) is 9.90 Å². The van der Waals surface area contributed by atoms with Crippen LogP contribution >= 0.6 is 11.8 Å². The number of aliphatic carboxylic acids is 1. The molecule has 0 aromatic heterocycles. The highest BCUT2D eigenvalue weighted by Crippen LogP contribution is 2.24. The lowest BCUT2D eigenvalue weighted by Gasteiger charge is -2.14. The second-order valence-electron chi connectivity index (χ2n) is 5.50. The first-order valence-electron chi connectivity index (χ1n) is 8.34. The minimum absolute atomic E-state index is 0.0333. The van der Waals surface area contributed by atoms with Gasteiger partial charge in [-0.1, -0.05) is 64.9 Å². The van der Waals surface area contributed by atoms with E-state index in [0.717, 1.165) is 37.0 Å². The molecule has 0 aliphatic heterocycles. The number of carboxylic acids is 1. The van der Waals surface area contributed by atoms with Crippen molar-refractivity contribution in [1.82, 2.24) is 0 Å². The van der Waals surface area contributed by atoms with Crippen LogP contribution in [0.15, 0.2) is 11.0 Å². The van der Waals surface area contributed by atoms with Crippen LogP contribution in [0.5, 0.6) is 0 Å². The fourth-order valence-electron chi connectivity index (χ4n) is 2.14. The zero-order valence-electron chi connectivity index (χ0n) is 13.6. The lowest BCUT2D eigenvalue weighted by atomic mass is 10.1. The lowest BCUT2D eigenvalue weighted by Crippen LogP contribution is -2.10. The number of carboxylic acid groups (broad SMARTS) is 1. The zero-order chi connectivity index (χ0) is 15.9. The molecule has 1 atom stereocenters. The summed E-state index contributed by atoms with van der Waals surface area (Å²) < 4.78 is 0. The van der Waals surface area contributed by atoms with Crippen molar-refractivity contribution in [2.75, 3.05) is 5.75 Å². The number of hydrogen-bond acceptors (Lipinski definition) is 3. The molecule has 0 saturated heterocycles. The Bertz CT molecular complexity index is 290. The Hall–Kier alpha value is -0.480. The Morgan fingerprint density at radius 2 is 1.67 bits per heavy atom. The summed E-state index contributed by atoms with van der Waals surface area (Å²) in [4.78, 5) is 11.5. The summed E-state index contributed by atoms with van der Waals surface area (Å²) in [6.07, 6.45) is 12.8. The molecule has 0 amide bonds. The molecule has 0 aliphatic rings. The Labute approximate surface area is 134 Å². The van der Waals surface area contributed by atoms with Gasteiger partial charge in [0, 0.05) is 4.91 Å². The van der Waals surface area contributed by atoms with Crippen LogP contribution < -0.4 is 0 Å². The van der Waals surface area contributed by atoms with E-state index in [1.165, 1.54) is 43.9 Å². The van der Waals surface area contributed by atoms with Crippen LogP contribution in [0.3, 0.4) is 0 Å². The van der Waals surface area contributed by atoms with Crippen LogP contribution in [0.2, 0.25) is 0 Å². The minimum atomic E-state index is -0.826. The maximum absolute atomic E-state index is 10.7. The highest BCUT2D eigenvalue weighted by atomic mass is 32.2. The summed E-state index contributed by atoms with van der Waals surface area (Å²) in [5, 5.41) is 18.9. The Morgan fingerprint density at radius 3 is 2.29 bits per heavy atom. The molecular weight excluding hydrogens is 284 g/mol. The smallest absolute Gasteiger partial charge is 0.313 e. The largest absolute Gasteiger partial charge is 0.481 e. The van der Waals surface area contributed by atoms with Gasteiger partial charge in [-0.05, 0) is 19.3 Å². The summed E-state index contributed by atoms with van der Waals surface area (Å²) in [6, 6.07) is 0. The number of allylic oxidation sites excluding steroid dienone is 1. The molecule has 0 spiro atoms. The standard InChI is InChI=1S/C17H32O3S/c1-3-5-7-8-9-10-11-13-16(21-14-17(19)20)15(18)12-6-4-2/h13,15,18H,3-12,14H2,1-2H3,(H,19,20)/t15-/m0/s1.